The minimum Gasteiger partial charge on any atom is -0.505 e. The smallest absolute Gasteiger partial charge is 0.172 e. The Hall–Kier alpha value is -2.42. The molecule has 1 N–H and O–H groups in total. The molecular weight excluding hydrogens is 241 g/mol. The molecule has 0 bridgehead atoms. The first-order valence-electron chi connectivity index (χ1n) is 5.99. The van der Waals surface area contributed by atoms with Gasteiger partial charge in [0.25, 0.3) is 0 Å². The van der Waals surface area contributed by atoms with Gasteiger partial charge in [-0.25, -0.2) is 4.39 Å². The summed E-state index contributed by atoms with van der Waals surface area (Å²) in [5.41, 5.74) is 2.18. The van der Waals surface area contributed by atoms with E-state index in [-0.39, 0.29) is 5.75 Å². The molecule has 19 heavy (non-hydrogen) atoms. The van der Waals surface area contributed by atoms with Crippen LogP contribution >= 0.6 is 0 Å². The van der Waals surface area contributed by atoms with Gasteiger partial charge in [-0.2, -0.15) is 0 Å². The van der Waals surface area contributed by atoms with Crippen LogP contribution in [-0.4, -0.2) is 10.1 Å². The molecular formula is C16H12FNO. The third-order valence-electron chi connectivity index (χ3n) is 3.17. The number of aromatic nitrogens is 1. The number of nitrogens with zero attached hydrogens (tertiary/aromatic N) is 1. The monoisotopic (exact) mass is 253 g/mol. The van der Waals surface area contributed by atoms with Gasteiger partial charge in [-0.05, 0) is 35.6 Å². The van der Waals surface area contributed by atoms with E-state index < -0.39 is 5.82 Å². The molecule has 0 unspecified atom stereocenters. The standard InChI is InChI=1S/C16H12FNO/c1-10-7-11-5-6-18-9-14(11)13(8-10)12-3-2-4-15(19)16(12)17/h2-9,19H,1H3. The van der Waals surface area contributed by atoms with Crippen LogP contribution in [0.1, 0.15) is 5.56 Å². The second kappa shape index (κ2) is 4.35. The molecule has 0 fully saturated rings. The Labute approximate surface area is 110 Å². The molecule has 3 heteroatoms. The Kier molecular flexibility index (Phi) is 2.67. The highest BCUT2D eigenvalue weighted by Crippen LogP contribution is 2.33. The van der Waals surface area contributed by atoms with E-state index in [2.05, 4.69) is 4.98 Å². The molecule has 0 amide bonds. The summed E-state index contributed by atoms with van der Waals surface area (Å²) in [5, 5.41) is 11.4. The number of halogens is 1. The largest absolute Gasteiger partial charge is 0.505 e. The third kappa shape index (κ3) is 1.93. The SMILES string of the molecule is Cc1cc(-c2cccc(O)c2F)c2cnccc2c1. The van der Waals surface area contributed by atoms with Crippen LogP contribution in [0.3, 0.4) is 0 Å². The molecule has 0 aliphatic heterocycles. The fourth-order valence-corrected chi connectivity index (χ4v) is 2.30. The van der Waals surface area contributed by atoms with Gasteiger partial charge in [0, 0.05) is 23.3 Å². The van der Waals surface area contributed by atoms with Crippen LogP contribution in [0, 0.1) is 12.7 Å². The van der Waals surface area contributed by atoms with E-state index in [4.69, 9.17) is 0 Å². The van der Waals surface area contributed by atoms with Crippen molar-refractivity contribution in [3.8, 4) is 16.9 Å². The van der Waals surface area contributed by atoms with Gasteiger partial charge < -0.3 is 5.11 Å². The van der Waals surface area contributed by atoms with Crippen molar-refractivity contribution in [3.05, 3.63) is 60.2 Å². The van der Waals surface area contributed by atoms with Crippen LogP contribution in [0.15, 0.2) is 48.8 Å². The Morgan fingerprint density at radius 2 is 1.95 bits per heavy atom. The van der Waals surface area contributed by atoms with Crippen molar-refractivity contribution in [2.45, 2.75) is 6.92 Å². The number of pyridine rings is 1. The molecule has 1 aromatic heterocycles. The van der Waals surface area contributed by atoms with Gasteiger partial charge in [-0.1, -0.05) is 24.3 Å². The molecule has 3 rings (SSSR count). The number of phenolic OH excluding ortho intramolecular Hbond substituents is 1. The maximum Gasteiger partial charge on any atom is 0.172 e. The van der Waals surface area contributed by atoms with Gasteiger partial charge in [0.05, 0.1) is 0 Å². The lowest BCUT2D eigenvalue weighted by Crippen LogP contribution is -1.89. The summed E-state index contributed by atoms with van der Waals surface area (Å²) in [7, 11) is 0. The maximum absolute atomic E-state index is 14.1. The molecule has 2 aromatic carbocycles. The van der Waals surface area contributed by atoms with E-state index in [0.717, 1.165) is 21.9 Å². The van der Waals surface area contributed by atoms with Gasteiger partial charge in [-0.15, -0.1) is 0 Å². The molecule has 0 aliphatic carbocycles. The predicted octanol–water partition coefficient (Wildman–Crippen LogP) is 4.05. The molecule has 0 radical (unpaired) electrons. The number of hydrogen-bond donors (Lipinski definition) is 1. The second-order valence-corrected chi connectivity index (χ2v) is 4.55. The zero-order chi connectivity index (χ0) is 13.4. The van der Waals surface area contributed by atoms with Gasteiger partial charge in [-0.3, -0.25) is 4.98 Å². The topological polar surface area (TPSA) is 33.1 Å². The lowest BCUT2D eigenvalue weighted by molar-refractivity contribution is 0.433. The lowest BCUT2D eigenvalue weighted by Gasteiger charge is -2.10. The number of fused-ring (bicyclic) bond motifs is 1. The van der Waals surface area contributed by atoms with E-state index in [0.29, 0.717) is 5.56 Å². The quantitative estimate of drug-likeness (QED) is 0.709. The summed E-state index contributed by atoms with van der Waals surface area (Å²) < 4.78 is 14.1. The number of aryl methyl sites for hydroxylation is 1. The minimum absolute atomic E-state index is 0.337. The molecule has 1 heterocycles. The molecule has 3 aromatic rings. The first-order valence-corrected chi connectivity index (χ1v) is 5.99. The lowest BCUT2D eigenvalue weighted by atomic mass is 9.97. The fourth-order valence-electron chi connectivity index (χ4n) is 2.30. The van der Waals surface area contributed by atoms with E-state index in [1.54, 1.807) is 24.5 Å². The fraction of sp³-hybridized carbons (Fsp3) is 0.0625. The van der Waals surface area contributed by atoms with E-state index in [1.165, 1.54) is 6.07 Å². The van der Waals surface area contributed by atoms with Crippen LogP contribution in [0.4, 0.5) is 4.39 Å². The molecule has 94 valence electrons. The Morgan fingerprint density at radius 1 is 1.11 bits per heavy atom. The highest BCUT2D eigenvalue weighted by molar-refractivity contribution is 5.97. The second-order valence-electron chi connectivity index (χ2n) is 4.55. The first kappa shape index (κ1) is 11.7. The Bertz CT molecular complexity index is 768. The Morgan fingerprint density at radius 3 is 2.79 bits per heavy atom. The molecule has 0 spiro atoms. The minimum atomic E-state index is -0.599. The first-order chi connectivity index (χ1) is 9.16. The Balaban J connectivity index is 2.39. The average molecular weight is 253 g/mol. The highest BCUT2D eigenvalue weighted by atomic mass is 19.1. The number of phenols is 1. The molecule has 0 aliphatic rings. The zero-order valence-electron chi connectivity index (χ0n) is 10.4. The van der Waals surface area contributed by atoms with Gasteiger partial charge in [0.2, 0.25) is 0 Å². The van der Waals surface area contributed by atoms with Crippen LogP contribution in [-0.2, 0) is 0 Å². The van der Waals surface area contributed by atoms with Gasteiger partial charge in [0.15, 0.2) is 11.6 Å². The highest BCUT2D eigenvalue weighted by Gasteiger charge is 2.12. The number of benzene rings is 2. The van der Waals surface area contributed by atoms with E-state index in [9.17, 15) is 9.50 Å². The summed E-state index contributed by atoms with van der Waals surface area (Å²) in [6.45, 7) is 1.96. The normalized spacial score (nSPS) is 10.8. The number of rotatable bonds is 1. The molecule has 0 saturated carbocycles. The van der Waals surface area contributed by atoms with E-state index >= 15 is 0 Å². The van der Waals surface area contributed by atoms with Crippen LogP contribution in [0.5, 0.6) is 5.75 Å². The predicted molar refractivity (Wildman–Crippen MR) is 73.5 cm³/mol. The summed E-state index contributed by atoms with van der Waals surface area (Å²) in [5.74, 6) is -0.936. The summed E-state index contributed by atoms with van der Waals surface area (Å²) in [6.07, 6.45) is 3.43. The van der Waals surface area contributed by atoms with Crippen LogP contribution < -0.4 is 0 Å². The third-order valence-corrected chi connectivity index (χ3v) is 3.17. The summed E-state index contributed by atoms with van der Waals surface area (Å²) in [6, 6.07) is 10.5. The van der Waals surface area contributed by atoms with Crippen molar-refractivity contribution in [1.82, 2.24) is 4.98 Å². The van der Waals surface area contributed by atoms with Crippen molar-refractivity contribution < 1.29 is 9.50 Å². The van der Waals surface area contributed by atoms with Gasteiger partial charge in [0.1, 0.15) is 0 Å². The summed E-state index contributed by atoms with van der Waals surface area (Å²) >= 11 is 0. The zero-order valence-corrected chi connectivity index (χ0v) is 10.4. The van der Waals surface area contributed by atoms with Crippen molar-refractivity contribution in [2.75, 3.05) is 0 Å². The molecule has 0 saturated heterocycles. The van der Waals surface area contributed by atoms with Crippen molar-refractivity contribution in [2.24, 2.45) is 0 Å². The van der Waals surface area contributed by atoms with Gasteiger partial charge >= 0.3 is 0 Å². The number of hydrogen-bond acceptors (Lipinski definition) is 2. The average Bonchev–Trinajstić information content (AvgIpc) is 2.41. The summed E-state index contributed by atoms with van der Waals surface area (Å²) in [4.78, 5) is 4.10. The maximum atomic E-state index is 14.1. The molecule has 2 nitrogen and oxygen atoms in total. The van der Waals surface area contributed by atoms with Crippen LogP contribution in [0.2, 0.25) is 0 Å². The molecule has 0 atom stereocenters. The van der Waals surface area contributed by atoms with Crippen molar-refractivity contribution >= 4 is 10.8 Å². The van der Waals surface area contributed by atoms with E-state index in [1.807, 2.05) is 25.1 Å². The van der Waals surface area contributed by atoms with Crippen molar-refractivity contribution in [3.63, 3.8) is 0 Å². The number of aromatic hydroxyl groups is 1. The van der Waals surface area contributed by atoms with Crippen LogP contribution in [0.25, 0.3) is 21.9 Å². The van der Waals surface area contributed by atoms with Crippen molar-refractivity contribution in [1.29, 1.82) is 0 Å².